The molecular weight excluding hydrogens is 263 g/mol. The molecule has 2 aromatic rings. The van der Waals surface area contributed by atoms with Crippen molar-refractivity contribution in [2.24, 2.45) is 0 Å². The Balaban J connectivity index is 2.10. The minimum Gasteiger partial charge on any atom is -0.496 e. The summed E-state index contributed by atoms with van der Waals surface area (Å²) in [5.74, 6) is 0.0724. The highest BCUT2D eigenvalue weighted by atomic mass is 32.2. The first-order valence-corrected chi connectivity index (χ1v) is 6.74. The maximum absolute atomic E-state index is 13.2. The second-order valence-corrected chi connectivity index (χ2v) is 4.92. The van der Waals surface area contributed by atoms with Gasteiger partial charge in [-0.25, -0.2) is 4.39 Å². The molecule has 98 valence electrons. The smallest absolute Gasteiger partial charge is 0.176 e. The van der Waals surface area contributed by atoms with Crippen LogP contribution in [0.15, 0.2) is 53.4 Å². The molecule has 0 saturated heterocycles. The number of ketones is 1. The Kier molecular flexibility index (Phi) is 4.58. The molecular formula is C15H13FO2S. The summed E-state index contributed by atoms with van der Waals surface area (Å²) in [5, 5.41) is 0. The van der Waals surface area contributed by atoms with Crippen molar-refractivity contribution in [1.82, 2.24) is 0 Å². The van der Waals surface area contributed by atoms with Gasteiger partial charge in [0.25, 0.3) is 0 Å². The molecule has 0 aliphatic carbocycles. The number of hydrogen-bond acceptors (Lipinski definition) is 3. The first kappa shape index (κ1) is 13.6. The van der Waals surface area contributed by atoms with Crippen LogP contribution in [0, 0.1) is 5.82 Å². The molecule has 19 heavy (non-hydrogen) atoms. The molecule has 0 unspecified atom stereocenters. The van der Waals surface area contributed by atoms with Crippen molar-refractivity contribution in [3.8, 4) is 5.75 Å². The van der Waals surface area contributed by atoms with Crippen molar-refractivity contribution >= 4 is 17.5 Å². The van der Waals surface area contributed by atoms with Crippen LogP contribution >= 0.6 is 11.8 Å². The van der Waals surface area contributed by atoms with Crippen LogP contribution in [0.5, 0.6) is 5.75 Å². The number of thioether (sulfide) groups is 1. The molecule has 0 amide bonds. The number of Topliss-reactive ketones (excluding diaryl/α,β-unsaturated/α-hetero) is 1. The monoisotopic (exact) mass is 276 g/mol. The van der Waals surface area contributed by atoms with Crippen molar-refractivity contribution in [2.45, 2.75) is 4.90 Å². The quantitative estimate of drug-likeness (QED) is 0.613. The fraction of sp³-hybridized carbons (Fsp3) is 0.133. The van der Waals surface area contributed by atoms with Gasteiger partial charge in [0, 0.05) is 4.90 Å². The molecule has 0 aliphatic rings. The van der Waals surface area contributed by atoms with Crippen molar-refractivity contribution in [2.75, 3.05) is 12.9 Å². The van der Waals surface area contributed by atoms with E-state index in [0.29, 0.717) is 5.75 Å². The summed E-state index contributed by atoms with van der Waals surface area (Å²) in [4.78, 5) is 13.1. The van der Waals surface area contributed by atoms with Gasteiger partial charge in [0.15, 0.2) is 5.78 Å². The molecule has 0 heterocycles. The Labute approximate surface area is 115 Å². The second-order valence-electron chi connectivity index (χ2n) is 3.87. The number of ether oxygens (including phenoxy) is 1. The van der Waals surface area contributed by atoms with Gasteiger partial charge in [-0.2, -0.15) is 0 Å². The zero-order valence-electron chi connectivity index (χ0n) is 10.4. The van der Waals surface area contributed by atoms with Crippen LogP contribution in [0.4, 0.5) is 4.39 Å². The average molecular weight is 276 g/mol. The maximum Gasteiger partial charge on any atom is 0.176 e. The van der Waals surface area contributed by atoms with Crippen LogP contribution in [-0.2, 0) is 0 Å². The number of rotatable bonds is 5. The van der Waals surface area contributed by atoms with E-state index in [4.69, 9.17) is 4.74 Å². The third-order valence-electron chi connectivity index (χ3n) is 2.58. The van der Waals surface area contributed by atoms with Gasteiger partial charge in [-0.3, -0.25) is 4.79 Å². The minimum absolute atomic E-state index is 0.148. The van der Waals surface area contributed by atoms with E-state index in [9.17, 15) is 9.18 Å². The van der Waals surface area contributed by atoms with E-state index < -0.39 is 5.82 Å². The summed E-state index contributed by atoms with van der Waals surface area (Å²) in [6, 6.07) is 13.6. The summed E-state index contributed by atoms with van der Waals surface area (Å²) in [6.07, 6.45) is 0. The van der Waals surface area contributed by atoms with Gasteiger partial charge < -0.3 is 4.74 Å². The number of methoxy groups -OCH3 is 1. The molecule has 0 aliphatic heterocycles. The third-order valence-corrected chi connectivity index (χ3v) is 3.59. The first-order chi connectivity index (χ1) is 9.20. The Morgan fingerprint density at radius 1 is 1.21 bits per heavy atom. The Hall–Kier alpha value is -1.81. The summed E-state index contributed by atoms with van der Waals surface area (Å²) in [6.45, 7) is 0. The molecule has 0 fully saturated rings. The highest BCUT2D eigenvalue weighted by Crippen LogP contribution is 2.24. The van der Waals surface area contributed by atoms with Crippen LogP contribution < -0.4 is 4.74 Å². The lowest BCUT2D eigenvalue weighted by Gasteiger charge is -2.07. The van der Waals surface area contributed by atoms with Crippen molar-refractivity contribution in [1.29, 1.82) is 0 Å². The number of halogens is 1. The van der Waals surface area contributed by atoms with Gasteiger partial charge in [0.1, 0.15) is 11.6 Å². The van der Waals surface area contributed by atoms with Gasteiger partial charge in [0.05, 0.1) is 18.4 Å². The van der Waals surface area contributed by atoms with Crippen LogP contribution in [0.3, 0.4) is 0 Å². The lowest BCUT2D eigenvalue weighted by molar-refractivity contribution is 0.101. The van der Waals surface area contributed by atoms with Crippen LogP contribution in [0.1, 0.15) is 10.4 Å². The third kappa shape index (κ3) is 3.58. The topological polar surface area (TPSA) is 26.3 Å². The minimum atomic E-state index is -0.436. The molecule has 0 N–H and O–H groups in total. The number of benzene rings is 2. The molecule has 0 saturated carbocycles. The van der Waals surface area contributed by atoms with Crippen molar-refractivity contribution < 1.29 is 13.9 Å². The highest BCUT2D eigenvalue weighted by Gasteiger charge is 2.13. The van der Waals surface area contributed by atoms with Crippen LogP contribution in [0.2, 0.25) is 0 Å². The van der Waals surface area contributed by atoms with E-state index in [-0.39, 0.29) is 17.1 Å². The lowest BCUT2D eigenvalue weighted by atomic mass is 10.1. The normalized spacial score (nSPS) is 10.2. The summed E-state index contributed by atoms with van der Waals surface area (Å²) >= 11 is 1.42. The first-order valence-electron chi connectivity index (χ1n) is 5.75. The SMILES string of the molecule is COc1ccc(F)cc1C(=O)CSc1ccccc1. The van der Waals surface area contributed by atoms with E-state index in [0.717, 1.165) is 4.90 Å². The van der Waals surface area contributed by atoms with E-state index in [1.54, 1.807) is 0 Å². The predicted octanol–water partition coefficient (Wildman–Crippen LogP) is 3.81. The van der Waals surface area contributed by atoms with Gasteiger partial charge in [-0.05, 0) is 30.3 Å². The molecule has 0 radical (unpaired) electrons. The van der Waals surface area contributed by atoms with E-state index in [2.05, 4.69) is 0 Å². The van der Waals surface area contributed by atoms with Crippen LogP contribution in [0.25, 0.3) is 0 Å². The average Bonchev–Trinajstić information content (AvgIpc) is 2.46. The molecule has 2 nitrogen and oxygen atoms in total. The van der Waals surface area contributed by atoms with E-state index in [1.807, 2.05) is 30.3 Å². The molecule has 0 spiro atoms. The number of carbonyl (C=O) groups excluding carboxylic acids is 1. The predicted molar refractivity (Wildman–Crippen MR) is 74.4 cm³/mol. The lowest BCUT2D eigenvalue weighted by Crippen LogP contribution is -2.05. The fourth-order valence-electron chi connectivity index (χ4n) is 1.64. The van der Waals surface area contributed by atoms with Gasteiger partial charge in [-0.1, -0.05) is 18.2 Å². The van der Waals surface area contributed by atoms with E-state index in [1.165, 1.54) is 37.1 Å². The number of hydrogen-bond donors (Lipinski definition) is 0. The van der Waals surface area contributed by atoms with Gasteiger partial charge >= 0.3 is 0 Å². The standard InChI is InChI=1S/C15H13FO2S/c1-18-15-8-7-11(16)9-13(15)14(17)10-19-12-5-3-2-4-6-12/h2-9H,10H2,1H3. The fourth-order valence-corrected chi connectivity index (χ4v) is 2.44. The van der Waals surface area contributed by atoms with Crippen LogP contribution in [-0.4, -0.2) is 18.6 Å². The summed E-state index contributed by atoms with van der Waals surface area (Å²) in [7, 11) is 1.47. The Morgan fingerprint density at radius 2 is 1.95 bits per heavy atom. The second kappa shape index (κ2) is 6.38. The van der Waals surface area contributed by atoms with Crippen molar-refractivity contribution in [3.63, 3.8) is 0 Å². The largest absolute Gasteiger partial charge is 0.496 e. The molecule has 0 atom stereocenters. The molecule has 2 aromatic carbocycles. The Morgan fingerprint density at radius 3 is 2.63 bits per heavy atom. The zero-order chi connectivity index (χ0) is 13.7. The van der Waals surface area contributed by atoms with Gasteiger partial charge in [-0.15, -0.1) is 11.8 Å². The summed E-state index contributed by atoms with van der Waals surface area (Å²) < 4.78 is 18.3. The molecule has 4 heteroatoms. The molecule has 0 aromatic heterocycles. The van der Waals surface area contributed by atoms with E-state index >= 15 is 0 Å². The highest BCUT2D eigenvalue weighted by molar-refractivity contribution is 8.00. The Bertz CT molecular complexity index is 570. The molecule has 0 bridgehead atoms. The van der Waals surface area contributed by atoms with Gasteiger partial charge in [0.2, 0.25) is 0 Å². The number of carbonyl (C=O) groups is 1. The maximum atomic E-state index is 13.2. The van der Waals surface area contributed by atoms with Crippen molar-refractivity contribution in [3.05, 3.63) is 59.9 Å². The molecule has 2 rings (SSSR count). The zero-order valence-corrected chi connectivity index (χ0v) is 11.2. The summed E-state index contributed by atoms with van der Waals surface area (Å²) in [5.41, 5.74) is 0.283.